The Morgan fingerprint density at radius 1 is 1.21 bits per heavy atom. The average Bonchev–Trinajstić information content (AvgIpc) is 2.36. The minimum Gasteiger partial charge on any atom is -0.371 e. The van der Waals surface area contributed by atoms with Gasteiger partial charge in [-0.15, -0.1) is 0 Å². The van der Waals surface area contributed by atoms with Crippen LogP contribution in [0.2, 0.25) is 0 Å². The Kier molecular flexibility index (Phi) is 5.14. The van der Waals surface area contributed by atoms with Crippen LogP contribution >= 0.6 is 0 Å². The molecule has 1 rings (SSSR count). The van der Waals surface area contributed by atoms with E-state index < -0.39 is 41.4 Å². The fourth-order valence-corrected chi connectivity index (χ4v) is 1.32. The Morgan fingerprint density at radius 2 is 1.74 bits per heavy atom. The van der Waals surface area contributed by atoms with Crippen molar-refractivity contribution in [2.24, 2.45) is 0 Å². The van der Waals surface area contributed by atoms with Crippen LogP contribution < -0.4 is 10.6 Å². The molecule has 0 aliphatic heterocycles. The van der Waals surface area contributed by atoms with Crippen molar-refractivity contribution < 1.29 is 22.4 Å². The summed E-state index contributed by atoms with van der Waals surface area (Å²) in [5, 5.41) is 4.58. The van der Waals surface area contributed by atoms with Gasteiger partial charge in [-0.2, -0.15) is 0 Å². The monoisotopic (exact) mass is 278 g/mol. The molecule has 1 unspecified atom stereocenters. The van der Waals surface area contributed by atoms with E-state index in [4.69, 9.17) is 0 Å². The highest BCUT2D eigenvalue weighted by Crippen LogP contribution is 2.23. The lowest BCUT2D eigenvalue weighted by Crippen LogP contribution is -2.36. The zero-order chi connectivity index (χ0) is 14.6. The van der Waals surface area contributed by atoms with Crippen molar-refractivity contribution >= 4 is 11.6 Å². The number of carbonyl (C=O) groups is 1. The van der Waals surface area contributed by atoms with Gasteiger partial charge in [0.1, 0.15) is 5.69 Å². The van der Waals surface area contributed by atoms with Crippen LogP contribution in [-0.4, -0.2) is 18.5 Å². The molecule has 0 aliphatic carbocycles. The first-order chi connectivity index (χ1) is 8.86. The summed E-state index contributed by atoms with van der Waals surface area (Å²) in [6.45, 7) is 3.11. The van der Waals surface area contributed by atoms with Gasteiger partial charge < -0.3 is 10.6 Å². The van der Waals surface area contributed by atoms with Crippen LogP contribution in [0.3, 0.4) is 0 Å². The van der Waals surface area contributed by atoms with Crippen LogP contribution in [0.5, 0.6) is 0 Å². The summed E-state index contributed by atoms with van der Waals surface area (Å²) < 4.78 is 52.3. The Bertz CT molecular complexity index is 453. The van der Waals surface area contributed by atoms with Crippen molar-refractivity contribution in [2.45, 2.75) is 26.3 Å². The van der Waals surface area contributed by atoms with Gasteiger partial charge >= 0.3 is 0 Å². The van der Waals surface area contributed by atoms with Gasteiger partial charge in [-0.25, -0.2) is 17.6 Å². The molecule has 1 atom stereocenters. The minimum absolute atomic E-state index is 0.103. The molecule has 0 bridgehead atoms. The van der Waals surface area contributed by atoms with Crippen LogP contribution in [0, 0.1) is 23.3 Å². The number of anilines is 1. The molecule has 106 valence electrons. The first-order valence-electron chi connectivity index (χ1n) is 5.73. The number of hydrogen-bond acceptors (Lipinski definition) is 2. The molecule has 19 heavy (non-hydrogen) atoms. The normalized spacial score (nSPS) is 12.1. The number of rotatable bonds is 5. The molecule has 0 radical (unpaired) electrons. The standard InChI is InChI=1S/C12H14F4N2O/c1-3-6(2)18-9(19)5-17-12-10(15)7(13)4-8(14)11(12)16/h4,6,17H,3,5H2,1-2H3,(H,18,19). The molecular weight excluding hydrogens is 264 g/mol. The summed E-state index contributed by atoms with van der Waals surface area (Å²) in [4.78, 5) is 11.4. The van der Waals surface area contributed by atoms with E-state index in [1.165, 1.54) is 0 Å². The number of halogens is 4. The lowest BCUT2D eigenvalue weighted by Gasteiger charge is -2.13. The average molecular weight is 278 g/mol. The molecule has 3 nitrogen and oxygen atoms in total. The molecule has 1 aromatic carbocycles. The predicted molar refractivity (Wildman–Crippen MR) is 62.7 cm³/mol. The van der Waals surface area contributed by atoms with Crippen molar-refractivity contribution in [1.29, 1.82) is 0 Å². The summed E-state index contributed by atoms with van der Waals surface area (Å²) in [7, 11) is 0. The van der Waals surface area contributed by atoms with Crippen LogP contribution in [0.1, 0.15) is 20.3 Å². The Labute approximate surface area is 108 Å². The topological polar surface area (TPSA) is 41.1 Å². The van der Waals surface area contributed by atoms with E-state index in [1.807, 2.05) is 6.92 Å². The molecule has 2 N–H and O–H groups in total. The molecule has 0 saturated carbocycles. The van der Waals surface area contributed by atoms with Gasteiger partial charge in [0, 0.05) is 12.1 Å². The number of carbonyl (C=O) groups excluding carboxylic acids is 1. The Hall–Kier alpha value is -1.79. The molecule has 0 aromatic heterocycles. The summed E-state index contributed by atoms with van der Waals surface area (Å²) in [6, 6.07) is 0.00274. The molecular formula is C12H14F4N2O. The fraction of sp³-hybridized carbons (Fsp3) is 0.417. The third kappa shape index (κ3) is 3.84. The number of nitrogens with one attached hydrogen (secondary N) is 2. The summed E-state index contributed by atoms with van der Waals surface area (Å²) in [5.74, 6) is -6.70. The zero-order valence-corrected chi connectivity index (χ0v) is 10.5. The second-order valence-electron chi connectivity index (χ2n) is 4.07. The van der Waals surface area contributed by atoms with Crippen molar-refractivity contribution in [3.8, 4) is 0 Å². The second-order valence-corrected chi connectivity index (χ2v) is 4.07. The quantitative estimate of drug-likeness (QED) is 0.642. The number of benzene rings is 1. The summed E-state index contributed by atoms with van der Waals surface area (Å²) in [5.41, 5.74) is -0.989. The van der Waals surface area contributed by atoms with Crippen molar-refractivity contribution in [3.05, 3.63) is 29.3 Å². The van der Waals surface area contributed by atoms with Crippen molar-refractivity contribution in [3.63, 3.8) is 0 Å². The van der Waals surface area contributed by atoms with Gasteiger partial charge in [-0.3, -0.25) is 4.79 Å². The van der Waals surface area contributed by atoms with Crippen molar-refractivity contribution in [1.82, 2.24) is 5.32 Å². The molecule has 1 amide bonds. The van der Waals surface area contributed by atoms with Gasteiger partial charge in [-0.05, 0) is 13.3 Å². The summed E-state index contributed by atoms with van der Waals surface area (Å²) >= 11 is 0. The Morgan fingerprint density at radius 3 is 2.21 bits per heavy atom. The Balaban J connectivity index is 2.76. The van der Waals surface area contributed by atoms with Gasteiger partial charge in [0.05, 0.1) is 6.54 Å². The van der Waals surface area contributed by atoms with Gasteiger partial charge in [-0.1, -0.05) is 6.92 Å². The van der Waals surface area contributed by atoms with Crippen molar-refractivity contribution in [2.75, 3.05) is 11.9 Å². The van der Waals surface area contributed by atoms with Gasteiger partial charge in [0.15, 0.2) is 23.3 Å². The first kappa shape index (κ1) is 15.3. The van der Waals surface area contributed by atoms with E-state index in [0.29, 0.717) is 6.42 Å². The maximum Gasteiger partial charge on any atom is 0.239 e. The second kappa shape index (κ2) is 6.40. The molecule has 7 heteroatoms. The third-order valence-electron chi connectivity index (χ3n) is 2.56. The molecule has 0 heterocycles. The van der Waals surface area contributed by atoms with E-state index >= 15 is 0 Å². The largest absolute Gasteiger partial charge is 0.371 e. The number of amides is 1. The highest BCUT2D eigenvalue weighted by atomic mass is 19.2. The van der Waals surface area contributed by atoms with E-state index in [9.17, 15) is 22.4 Å². The lowest BCUT2D eigenvalue weighted by molar-refractivity contribution is -0.120. The fourth-order valence-electron chi connectivity index (χ4n) is 1.32. The summed E-state index contributed by atoms with van der Waals surface area (Å²) in [6.07, 6.45) is 0.684. The SMILES string of the molecule is CCC(C)NC(=O)CNc1c(F)c(F)cc(F)c1F. The first-order valence-corrected chi connectivity index (χ1v) is 5.73. The maximum absolute atomic E-state index is 13.2. The van der Waals surface area contributed by atoms with E-state index in [1.54, 1.807) is 6.92 Å². The lowest BCUT2D eigenvalue weighted by atomic mass is 10.2. The molecule has 0 fully saturated rings. The number of hydrogen-bond donors (Lipinski definition) is 2. The molecule has 1 aromatic rings. The van der Waals surface area contributed by atoms with E-state index in [2.05, 4.69) is 10.6 Å². The third-order valence-corrected chi connectivity index (χ3v) is 2.56. The van der Waals surface area contributed by atoms with Crippen LogP contribution in [0.15, 0.2) is 6.07 Å². The van der Waals surface area contributed by atoms with Gasteiger partial charge in [0.25, 0.3) is 0 Å². The molecule has 0 spiro atoms. The zero-order valence-electron chi connectivity index (χ0n) is 10.5. The van der Waals surface area contributed by atoms with E-state index in [-0.39, 0.29) is 12.1 Å². The highest BCUT2D eigenvalue weighted by molar-refractivity contribution is 5.81. The van der Waals surface area contributed by atoms with Crippen LogP contribution in [-0.2, 0) is 4.79 Å². The van der Waals surface area contributed by atoms with Crippen LogP contribution in [0.4, 0.5) is 23.2 Å². The highest BCUT2D eigenvalue weighted by Gasteiger charge is 2.19. The van der Waals surface area contributed by atoms with E-state index in [0.717, 1.165) is 0 Å². The smallest absolute Gasteiger partial charge is 0.239 e. The van der Waals surface area contributed by atoms with Crippen LogP contribution in [0.25, 0.3) is 0 Å². The molecule has 0 aliphatic rings. The minimum atomic E-state index is -1.56. The predicted octanol–water partition coefficient (Wildman–Crippen LogP) is 2.57. The maximum atomic E-state index is 13.2. The molecule has 0 saturated heterocycles. The van der Waals surface area contributed by atoms with Gasteiger partial charge in [0.2, 0.25) is 5.91 Å².